The summed E-state index contributed by atoms with van der Waals surface area (Å²) in [5.41, 5.74) is 0. The second-order valence-corrected chi connectivity index (χ2v) is 13.6. The maximum atomic E-state index is 10.5. The van der Waals surface area contributed by atoms with Crippen LogP contribution < -0.4 is 10.4 Å². The number of hydrogen-bond acceptors (Lipinski definition) is 5. The summed E-state index contributed by atoms with van der Waals surface area (Å²) < 4.78 is 6.73. The third kappa shape index (κ3) is 6.59. The molecule has 0 heterocycles. The first-order chi connectivity index (χ1) is 15.2. The van der Waals surface area contributed by atoms with Crippen molar-refractivity contribution in [2.75, 3.05) is 13.2 Å². The number of nitrogens with zero attached hydrogens (tertiary/aromatic N) is 1. The average Bonchev–Trinajstić information content (AvgIpc) is 2.79. The fourth-order valence-electron chi connectivity index (χ4n) is 4.01. The Labute approximate surface area is 193 Å². The summed E-state index contributed by atoms with van der Waals surface area (Å²) in [4.78, 5) is 4.13. The predicted molar refractivity (Wildman–Crippen MR) is 134 cm³/mol. The van der Waals surface area contributed by atoms with Gasteiger partial charge in [0.1, 0.15) is 12.2 Å². The van der Waals surface area contributed by atoms with E-state index in [2.05, 4.69) is 57.0 Å². The van der Waals surface area contributed by atoms with Gasteiger partial charge in [-0.25, -0.2) is 0 Å². The van der Waals surface area contributed by atoms with Gasteiger partial charge in [-0.1, -0.05) is 94.8 Å². The highest BCUT2D eigenvalue weighted by atomic mass is 28.4. The average molecular weight is 458 g/mol. The number of benzene rings is 2. The normalized spacial score (nSPS) is 15.6. The van der Waals surface area contributed by atoms with Crippen molar-refractivity contribution in [3.63, 3.8) is 0 Å². The molecule has 0 aromatic heterocycles. The molecule has 0 bridgehead atoms. The molecular formula is C26H39NO4Si. The van der Waals surface area contributed by atoms with E-state index in [1.54, 1.807) is 0 Å². The lowest BCUT2D eigenvalue weighted by atomic mass is 10.1. The van der Waals surface area contributed by atoms with Gasteiger partial charge in [-0.2, -0.15) is 0 Å². The molecule has 2 aromatic rings. The number of aliphatic hydroxyl groups excluding tert-OH is 3. The van der Waals surface area contributed by atoms with E-state index in [0.717, 1.165) is 23.2 Å². The van der Waals surface area contributed by atoms with Gasteiger partial charge in [0, 0.05) is 19.4 Å². The molecule has 2 aromatic carbocycles. The molecule has 0 amide bonds. The Balaban J connectivity index is 2.19. The van der Waals surface area contributed by atoms with Gasteiger partial charge in [0.15, 0.2) is 0 Å². The maximum Gasteiger partial charge on any atom is 0.261 e. The molecule has 0 unspecified atom stereocenters. The quantitative estimate of drug-likeness (QED) is 0.260. The first-order valence-corrected chi connectivity index (χ1v) is 13.4. The maximum absolute atomic E-state index is 10.5. The highest BCUT2D eigenvalue weighted by Gasteiger charge is 2.50. The van der Waals surface area contributed by atoms with E-state index in [1.165, 1.54) is 6.21 Å². The highest BCUT2D eigenvalue weighted by molar-refractivity contribution is 6.99. The van der Waals surface area contributed by atoms with Crippen LogP contribution in [-0.2, 0) is 4.43 Å². The van der Waals surface area contributed by atoms with E-state index in [-0.39, 0.29) is 18.1 Å². The monoisotopic (exact) mass is 457 g/mol. The van der Waals surface area contributed by atoms with Crippen LogP contribution in [0.1, 0.15) is 47.0 Å². The minimum absolute atomic E-state index is 0.162. The summed E-state index contributed by atoms with van der Waals surface area (Å²) in [6.45, 7) is 9.53. The summed E-state index contributed by atoms with van der Waals surface area (Å²) in [6.07, 6.45) is -0.136. The highest BCUT2D eigenvalue weighted by Crippen LogP contribution is 2.36. The molecule has 6 heteroatoms. The van der Waals surface area contributed by atoms with Crippen molar-refractivity contribution in [3.8, 4) is 0 Å². The van der Waals surface area contributed by atoms with Crippen LogP contribution in [0, 0.1) is 0 Å². The lowest BCUT2D eigenvalue weighted by Crippen LogP contribution is -2.66. The Morgan fingerprint density at radius 2 is 1.47 bits per heavy atom. The van der Waals surface area contributed by atoms with Gasteiger partial charge in [0.05, 0.1) is 6.10 Å². The number of rotatable bonds is 12. The van der Waals surface area contributed by atoms with Crippen LogP contribution in [0.5, 0.6) is 0 Å². The summed E-state index contributed by atoms with van der Waals surface area (Å²) >= 11 is 0. The zero-order chi connectivity index (χ0) is 23.6. The van der Waals surface area contributed by atoms with Crippen molar-refractivity contribution < 1.29 is 19.7 Å². The molecule has 0 fully saturated rings. The van der Waals surface area contributed by atoms with Crippen LogP contribution in [-0.4, -0.2) is 61.3 Å². The third-order valence-electron chi connectivity index (χ3n) is 5.79. The molecule has 176 valence electrons. The van der Waals surface area contributed by atoms with Gasteiger partial charge in [0.2, 0.25) is 0 Å². The standard InChI is InChI=1S/C26H39NO4Si/c1-5-6-18-27-20-24(29)25(30)23(28)17-19-31-32(26(2,3)4,21-13-9-7-10-14-21)22-15-11-8-12-16-22/h7-16,20,23-25,28-30H,5-6,17-19H2,1-4H3/t23-,24+,25+/m1/s1. The SMILES string of the molecule is CCCCN=C[C@H](O)[C@@H](O)[C@H](O)CCO[Si](c1ccccc1)(c1ccccc1)C(C)(C)C. The molecule has 3 atom stereocenters. The minimum Gasteiger partial charge on any atom is -0.407 e. The molecule has 5 nitrogen and oxygen atoms in total. The first kappa shape index (κ1) is 26.4. The Bertz CT molecular complexity index is 768. The van der Waals surface area contributed by atoms with Crippen LogP contribution in [0.4, 0.5) is 0 Å². The largest absolute Gasteiger partial charge is 0.407 e. The molecule has 0 radical (unpaired) electrons. The number of unbranched alkanes of at least 4 members (excludes halogenated alkanes) is 1. The molecule has 0 aliphatic carbocycles. The van der Waals surface area contributed by atoms with Crippen LogP contribution in [0.3, 0.4) is 0 Å². The van der Waals surface area contributed by atoms with Crippen LogP contribution >= 0.6 is 0 Å². The van der Waals surface area contributed by atoms with Crippen molar-refractivity contribution in [2.45, 2.75) is 70.3 Å². The Hall–Kier alpha value is -1.83. The summed E-state index contributed by atoms with van der Waals surface area (Å²) in [5, 5.41) is 33.1. The van der Waals surface area contributed by atoms with Gasteiger partial charge in [-0.05, 0) is 28.3 Å². The molecule has 32 heavy (non-hydrogen) atoms. The molecule has 0 aliphatic heterocycles. The number of aliphatic imine (C=N–C) groups is 1. The smallest absolute Gasteiger partial charge is 0.261 e. The predicted octanol–water partition coefficient (Wildman–Crippen LogP) is 2.91. The Morgan fingerprint density at radius 3 is 1.94 bits per heavy atom. The van der Waals surface area contributed by atoms with Crippen LogP contribution in [0.25, 0.3) is 0 Å². The van der Waals surface area contributed by atoms with Gasteiger partial charge in [-0.3, -0.25) is 4.99 Å². The van der Waals surface area contributed by atoms with Gasteiger partial charge < -0.3 is 19.7 Å². The van der Waals surface area contributed by atoms with E-state index in [0.29, 0.717) is 6.54 Å². The van der Waals surface area contributed by atoms with Gasteiger partial charge in [0.25, 0.3) is 8.32 Å². The fraction of sp³-hybridized carbons (Fsp3) is 0.500. The Morgan fingerprint density at radius 1 is 0.938 bits per heavy atom. The third-order valence-corrected chi connectivity index (χ3v) is 10.8. The van der Waals surface area contributed by atoms with Crippen molar-refractivity contribution in [3.05, 3.63) is 60.7 Å². The summed E-state index contributed by atoms with van der Waals surface area (Å²) in [6, 6.07) is 20.6. The molecule has 0 saturated carbocycles. The van der Waals surface area contributed by atoms with E-state index in [9.17, 15) is 15.3 Å². The van der Waals surface area contributed by atoms with Gasteiger partial charge >= 0.3 is 0 Å². The second-order valence-electron chi connectivity index (χ2n) is 9.26. The number of hydrogen-bond donors (Lipinski definition) is 3. The van der Waals surface area contributed by atoms with Crippen molar-refractivity contribution in [1.82, 2.24) is 0 Å². The first-order valence-electron chi connectivity index (χ1n) is 11.5. The molecule has 2 rings (SSSR count). The van der Waals surface area contributed by atoms with E-state index < -0.39 is 26.6 Å². The zero-order valence-corrected chi connectivity index (χ0v) is 20.8. The zero-order valence-electron chi connectivity index (χ0n) is 19.8. The van der Waals surface area contributed by atoms with Crippen LogP contribution in [0.15, 0.2) is 65.7 Å². The van der Waals surface area contributed by atoms with Crippen molar-refractivity contribution in [2.24, 2.45) is 4.99 Å². The Kier molecular flexibility index (Phi) is 10.3. The lowest BCUT2D eigenvalue weighted by molar-refractivity contribution is -0.0403. The van der Waals surface area contributed by atoms with Crippen molar-refractivity contribution >= 4 is 24.9 Å². The fourth-order valence-corrected chi connectivity index (χ4v) is 8.59. The van der Waals surface area contributed by atoms with E-state index >= 15 is 0 Å². The molecular weight excluding hydrogens is 418 g/mol. The molecule has 0 aliphatic rings. The molecule has 0 spiro atoms. The minimum atomic E-state index is -2.69. The lowest BCUT2D eigenvalue weighted by Gasteiger charge is -2.43. The summed E-state index contributed by atoms with van der Waals surface area (Å²) in [5.74, 6) is 0. The second kappa shape index (κ2) is 12.4. The topological polar surface area (TPSA) is 82.3 Å². The molecule has 3 N–H and O–H groups in total. The van der Waals surface area contributed by atoms with Gasteiger partial charge in [-0.15, -0.1) is 0 Å². The van der Waals surface area contributed by atoms with E-state index in [1.807, 2.05) is 36.4 Å². The number of aliphatic hydroxyl groups is 3. The molecule has 0 saturated heterocycles. The van der Waals surface area contributed by atoms with Crippen LogP contribution in [0.2, 0.25) is 5.04 Å². The van der Waals surface area contributed by atoms with E-state index in [4.69, 9.17) is 4.43 Å². The van der Waals surface area contributed by atoms with Crippen molar-refractivity contribution in [1.29, 1.82) is 0 Å². The summed E-state index contributed by atoms with van der Waals surface area (Å²) in [7, 11) is -2.69.